The number of hydrogen-bond acceptors (Lipinski definition) is 7. The summed E-state index contributed by atoms with van der Waals surface area (Å²) in [6.45, 7) is 12.1. The highest BCUT2D eigenvalue weighted by Crippen LogP contribution is 2.65. The fourth-order valence-electron chi connectivity index (χ4n) is 8.16. The Labute approximate surface area is 241 Å². The molecule has 0 N–H and O–H groups in total. The Balaban J connectivity index is 1.47. The summed E-state index contributed by atoms with van der Waals surface area (Å²) in [5.74, 6) is 2.14. The molecule has 3 heterocycles. The van der Waals surface area contributed by atoms with Crippen molar-refractivity contribution in [1.29, 1.82) is 0 Å². The van der Waals surface area contributed by atoms with Crippen LogP contribution >= 0.6 is 0 Å². The largest absolute Gasteiger partial charge is 0.493 e. The molecule has 8 nitrogen and oxygen atoms in total. The van der Waals surface area contributed by atoms with Gasteiger partial charge in [0.05, 0.1) is 25.7 Å². The number of hydrogen-bond donors (Lipinski definition) is 0. The highest BCUT2D eigenvalue weighted by atomic mass is 16.5. The van der Waals surface area contributed by atoms with E-state index >= 15 is 0 Å². The van der Waals surface area contributed by atoms with Crippen LogP contribution in [0.4, 0.5) is 0 Å². The van der Waals surface area contributed by atoms with Crippen LogP contribution in [-0.4, -0.2) is 66.6 Å². The molecule has 6 rings (SSSR count). The molecule has 0 radical (unpaired) electrons. The van der Waals surface area contributed by atoms with Gasteiger partial charge in [0.25, 0.3) is 0 Å². The van der Waals surface area contributed by atoms with Crippen LogP contribution in [0.15, 0.2) is 47.8 Å². The lowest BCUT2D eigenvalue weighted by Gasteiger charge is -2.60. The van der Waals surface area contributed by atoms with E-state index in [0.717, 1.165) is 61.2 Å². The average Bonchev–Trinajstić information content (AvgIpc) is 3.58. The van der Waals surface area contributed by atoms with Gasteiger partial charge in [-0.25, -0.2) is 0 Å². The Morgan fingerprint density at radius 2 is 2.12 bits per heavy atom. The maximum atomic E-state index is 13.9. The normalized spacial score (nSPS) is 27.8. The second kappa shape index (κ2) is 10.7. The molecule has 1 saturated heterocycles. The van der Waals surface area contributed by atoms with Crippen LogP contribution in [0.1, 0.15) is 56.7 Å². The topological polar surface area (TPSA) is 81.5 Å². The van der Waals surface area contributed by atoms with Gasteiger partial charge in [-0.2, -0.15) is 0 Å². The van der Waals surface area contributed by atoms with Crippen LogP contribution in [0.2, 0.25) is 0 Å². The van der Waals surface area contributed by atoms with Crippen LogP contribution in [-0.2, 0) is 21.4 Å². The molecule has 1 saturated carbocycles. The van der Waals surface area contributed by atoms with Crippen LogP contribution in [0.3, 0.4) is 0 Å². The van der Waals surface area contributed by atoms with E-state index < -0.39 is 0 Å². The molecule has 1 amide bonds. The van der Waals surface area contributed by atoms with Crippen molar-refractivity contribution in [2.45, 2.75) is 70.1 Å². The lowest BCUT2D eigenvalue weighted by atomic mass is 9.50. The first-order valence-electron chi connectivity index (χ1n) is 14.7. The molecule has 2 aliphatic heterocycles. The number of piperidine rings is 1. The van der Waals surface area contributed by atoms with Gasteiger partial charge < -0.3 is 23.5 Å². The smallest absolute Gasteiger partial charge is 0.308 e. The van der Waals surface area contributed by atoms with Crippen molar-refractivity contribution in [3.8, 4) is 17.2 Å². The summed E-state index contributed by atoms with van der Waals surface area (Å²) in [5, 5.41) is 0. The number of carbonyl (C=O) groups is 2. The number of likely N-dealkylation sites (tertiary alicyclic amines) is 1. The zero-order valence-electron chi connectivity index (χ0n) is 24.4. The molecular formula is C33H40N2O6. The molecule has 1 spiro atoms. The lowest BCUT2D eigenvalue weighted by Crippen LogP contribution is -2.69. The first-order chi connectivity index (χ1) is 19.8. The molecule has 1 aromatic heterocycles. The molecule has 8 heteroatoms. The first-order valence-corrected chi connectivity index (χ1v) is 14.7. The SMILES string of the molecule is C=CCN1CC[C@]23c4c5c(OC(C)=O)cc(OC)c4O[C@H]2[C@H](N(CC(C)C)C(=O)/C=C/c2ccoc2)CC[C@H]3[C@H]1C5. The number of benzene rings is 1. The highest BCUT2D eigenvalue weighted by molar-refractivity contribution is 5.92. The Hall–Kier alpha value is -3.52. The Morgan fingerprint density at radius 3 is 2.80 bits per heavy atom. The van der Waals surface area contributed by atoms with Crippen molar-refractivity contribution in [2.75, 3.05) is 26.7 Å². The van der Waals surface area contributed by atoms with Gasteiger partial charge in [-0.3, -0.25) is 14.5 Å². The van der Waals surface area contributed by atoms with Crippen molar-refractivity contribution < 1.29 is 28.2 Å². The molecule has 4 aliphatic rings. The van der Waals surface area contributed by atoms with E-state index in [9.17, 15) is 9.59 Å². The average molecular weight is 561 g/mol. The number of methoxy groups -OCH3 is 1. The number of esters is 1. The molecule has 2 aliphatic carbocycles. The van der Waals surface area contributed by atoms with E-state index in [4.69, 9.17) is 18.6 Å². The summed E-state index contributed by atoms with van der Waals surface area (Å²) < 4.78 is 23.8. The third kappa shape index (κ3) is 4.47. The van der Waals surface area contributed by atoms with Gasteiger partial charge in [-0.05, 0) is 56.2 Å². The van der Waals surface area contributed by atoms with Crippen LogP contribution in [0.5, 0.6) is 17.2 Å². The third-order valence-electron chi connectivity index (χ3n) is 9.52. The Bertz CT molecular complexity index is 1360. The highest BCUT2D eigenvalue weighted by Gasteiger charge is 2.67. The van der Waals surface area contributed by atoms with Crippen molar-refractivity contribution in [3.05, 3.63) is 60.1 Å². The van der Waals surface area contributed by atoms with Gasteiger partial charge in [0.1, 0.15) is 11.9 Å². The maximum absolute atomic E-state index is 13.9. The van der Waals surface area contributed by atoms with Crippen molar-refractivity contribution in [1.82, 2.24) is 9.80 Å². The molecule has 2 bridgehead atoms. The number of furan rings is 1. The van der Waals surface area contributed by atoms with E-state index in [1.807, 2.05) is 23.1 Å². The second-order valence-electron chi connectivity index (χ2n) is 12.3. The van der Waals surface area contributed by atoms with Gasteiger partial charge in [0.2, 0.25) is 5.91 Å². The summed E-state index contributed by atoms with van der Waals surface area (Å²) in [7, 11) is 1.63. The maximum Gasteiger partial charge on any atom is 0.308 e. The second-order valence-corrected chi connectivity index (χ2v) is 12.3. The Kier molecular flexibility index (Phi) is 7.22. The number of nitrogens with zero attached hydrogens (tertiary/aromatic N) is 2. The molecule has 41 heavy (non-hydrogen) atoms. The quantitative estimate of drug-likeness (QED) is 0.185. The molecule has 0 unspecified atom stereocenters. The molecule has 5 atom stereocenters. The minimum Gasteiger partial charge on any atom is -0.493 e. The van der Waals surface area contributed by atoms with Gasteiger partial charge in [0.15, 0.2) is 11.5 Å². The summed E-state index contributed by atoms with van der Waals surface area (Å²) in [5.41, 5.74) is 2.72. The first kappa shape index (κ1) is 27.6. The molecule has 1 aromatic carbocycles. The van der Waals surface area contributed by atoms with E-state index in [-0.39, 0.29) is 41.4 Å². The van der Waals surface area contributed by atoms with Crippen LogP contribution in [0.25, 0.3) is 6.08 Å². The number of amides is 1. The summed E-state index contributed by atoms with van der Waals surface area (Å²) in [6, 6.07) is 3.80. The minimum absolute atomic E-state index is 0.0245. The van der Waals surface area contributed by atoms with Crippen LogP contribution < -0.4 is 14.2 Å². The van der Waals surface area contributed by atoms with Gasteiger partial charge in [-0.1, -0.05) is 19.9 Å². The minimum atomic E-state index is -0.355. The van der Waals surface area contributed by atoms with E-state index in [1.165, 1.54) is 6.92 Å². The molecule has 2 aromatic rings. The monoisotopic (exact) mass is 560 g/mol. The van der Waals surface area contributed by atoms with E-state index in [0.29, 0.717) is 24.0 Å². The predicted octanol–water partition coefficient (Wildman–Crippen LogP) is 5.01. The predicted molar refractivity (Wildman–Crippen MR) is 155 cm³/mol. The summed E-state index contributed by atoms with van der Waals surface area (Å²) >= 11 is 0. The molecular weight excluding hydrogens is 520 g/mol. The van der Waals surface area contributed by atoms with Gasteiger partial charge in [-0.15, -0.1) is 6.58 Å². The lowest BCUT2D eigenvalue weighted by molar-refractivity contribution is -0.138. The zero-order valence-corrected chi connectivity index (χ0v) is 24.4. The summed E-state index contributed by atoms with van der Waals surface area (Å²) in [4.78, 5) is 30.6. The van der Waals surface area contributed by atoms with E-state index in [2.05, 4.69) is 25.3 Å². The Morgan fingerprint density at radius 1 is 1.29 bits per heavy atom. The van der Waals surface area contributed by atoms with Crippen molar-refractivity contribution in [3.63, 3.8) is 0 Å². The van der Waals surface area contributed by atoms with Gasteiger partial charge in [0, 0.05) is 60.3 Å². The van der Waals surface area contributed by atoms with Crippen molar-refractivity contribution >= 4 is 18.0 Å². The fourth-order valence-corrected chi connectivity index (χ4v) is 8.16. The number of rotatable bonds is 9. The molecule has 2 fully saturated rings. The standard InChI is InChI=1S/C33H40N2O6/c1-6-13-34-14-12-33-24-8-9-25(35(18-20(2)3)29(37)10-7-22-11-15-39-19-22)32(33)41-31-28(38-5)17-27(40-21(4)36)23(30(31)33)16-26(24)34/h6-7,10-11,15,17,19-20,24-26,32H,1,8-9,12-14,16,18H2,2-5H3/b10-7+/t24-,25+,26+,32-,33-/m0/s1. The summed E-state index contributed by atoms with van der Waals surface area (Å²) in [6.07, 6.45) is 12.0. The molecule has 218 valence electrons. The van der Waals surface area contributed by atoms with Crippen molar-refractivity contribution in [2.24, 2.45) is 11.8 Å². The van der Waals surface area contributed by atoms with E-state index in [1.54, 1.807) is 31.8 Å². The number of ether oxygens (including phenoxy) is 3. The van der Waals surface area contributed by atoms with Crippen LogP contribution in [0, 0.1) is 11.8 Å². The third-order valence-corrected chi connectivity index (χ3v) is 9.52. The number of carbonyl (C=O) groups excluding carboxylic acids is 2. The van der Waals surface area contributed by atoms with Gasteiger partial charge >= 0.3 is 5.97 Å². The fraction of sp³-hybridized carbons (Fsp3) is 0.515. The zero-order chi connectivity index (χ0) is 28.9.